The Kier molecular flexibility index (Phi) is 4.43. The molecule has 0 radical (unpaired) electrons. The Balaban J connectivity index is 1.64. The van der Waals surface area contributed by atoms with E-state index in [0.717, 1.165) is 11.8 Å². The first kappa shape index (κ1) is 16.1. The van der Waals surface area contributed by atoms with Crippen LogP contribution >= 0.6 is 0 Å². The van der Waals surface area contributed by atoms with Crippen LogP contribution in [0, 0.1) is 11.8 Å². The summed E-state index contributed by atoms with van der Waals surface area (Å²) < 4.78 is 25.3. The van der Waals surface area contributed by atoms with Gasteiger partial charge in [-0.2, -0.15) is 0 Å². The Bertz CT molecular complexity index is 718. The van der Waals surface area contributed by atoms with Crippen molar-refractivity contribution in [3.05, 3.63) is 41.5 Å². The van der Waals surface area contributed by atoms with Gasteiger partial charge in [0.2, 0.25) is 15.9 Å². The quantitative estimate of drug-likeness (QED) is 0.752. The average molecular weight is 334 g/mol. The minimum Gasteiger partial charge on any atom is -0.348 e. The molecule has 124 valence electrons. The zero-order valence-corrected chi connectivity index (χ0v) is 14.0. The van der Waals surface area contributed by atoms with E-state index in [0.29, 0.717) is 24.1 Å². The highest BCUT2D eigenvalue weighted by Gasteiger charge is 2.36. The van der Waals surface area contributed by atoms with Crippen LogP contribution in [0.15, 0.2) is 35.9 Å². The summed E-state index contributed by atoms with van der Waals surface area (Å²) in [5.41, 5.74) is 2.56. The second-order valence-electron chi connectivity index (χ2n) is 6.44. The van der Waals surface area contributed by atoms with Gasteiger partial charge in [-0.1, -0.05) is 23.8 Å². The second kappa shape index (κ2) is 6.35. The minimum absolute atomic E-state index is 0.0899. The van der Waals surface area contributed by atoms with Gasteiger partial charge in [-0.05, 0) is 49.1 Å². The van der Waals surface area contributed by atoms with Crippen molar-refractivity contribution in [1.29, 1.82) is 0 Å². The summed E-state index contributed by atoms with van der Waals surface area (Å²) in [6.07, 6.45) is 7.70. The summed E-state index contributed by atoms with van der Waals surface area (Å²) in [6.45, 7) is 0.302. The first-order chi connectivity index (χ1) is 10.9. The molecular weight excluding hydrogens is 312 g/mol. The molecule has 0 aliphatic heterocycles. The number of anilines is 1. The van der Waals surface area contributed by atoms with Gasteiger partial charge in [0.15, 0.2) is 0 Å². The second-order valence-corrected chi connectivity index (χ2v) is 8.19. The van der Waals surface area contributed by atoms with Gasteiger partial charge < -0.3 is 5.32 Å². The molecule has 0 aromatic heterocycles. The summed E-state index contributed by atoms with van der Waals surface area (Å²) in [6, 6.07) is 7.08. The van der Waals surface area contributed by atoms with Crippen molar-refractivity contribution in [2.45, 2.75) is 32.2 Å². The molecule has 2 aliphatic carbocycles. The van der Waals surface area contributed by atoms with Crippen LogP contribution in [0.3, 0.4) is 0 Å². The number of amides is 1. The van der Waals surface area contributed by atoms with Gasteiger partial charge in [-0.15, -0.1) is 0 Å². The van der Waals surface area contributed by atoms with E-state index in [1.54, 1.807) is 24.3 Å². The normalized spacial score (nSPS) is 17.4. The van der Waals surface area contributed by atoms with Gasteiger partial charge in [0.05, 0.1) is 11.9 Å². The highest BCUT2D eigenvalue weighted by molar-refractivity contribution is 7.92. The monoisotopic (exact) mass is 334 g/mol. The Morgan fingerprint density at radius 1 is 1.17 bits per heavy atom. The van der Waals surface area contributed by atoms with Crippen LogP contribution < -0.4 is 10.0 Å². The molecule has 5 nitrogen and oxygen atoms in total. The third-order valence-electron chi connectivity index (χ3n) is 4.16. The molecule has 1 amide bonds. The van der Waals surface area contributed by atoms with Crippen LogP contribution in [-0.4, -0.2) is 20.6 Å². The van der Waals surface area contributed by atoms with Gasteiger partial charge in [0.25, 0.3) is 0 Å². The first-order valence-electron chi connectivity index (χ1n) is 7.97. The van der Waals surface area contributed by atoms with Crippen molar-refractivity contribution >= 4 is 21.6 Å². The van der Waals surface area contributed by atoms with E-state index in [1.807, 2.05) is 6.07 Å². The molecule has 0 atom stereocenters. The van der Waals surface area contributed by atoms with Gasteiger partial charge in [0, 0.05) is 12.6 Å². The first-order valence-corrected chi connectivity index (χ1v) is 9.86. The van der Waals surface area contributed by atoms with Crippen molar-refractivity contribution < 1.29 is 13.2 Å². The molecule has 0 saturated heterocycles. The molecule has 0 unspecified atom stereocenters. The number of allylic oxidation sites excluding steroid dienone is 1. The molecule has 0 bridgehead atoms. The van der Waals surface area contributed by atoms with Crippen molar-refractivity contribution in [3.63, 3.8) is 0 Å². The van der Waals surface area contributed by atoms with E-state index in [2.05, 4.69) is 10.0 Å². The maximum Gasteiger partial charge on any atom is 0.244 e. The largest absolute Gasteiger partial charge is 0.348 e. The van der Waals surface area contributed by atoms with Crippen LogP contribution in [0.1, 0.15) is 31.2 Å². The lowest BCUT2D eigenvalue weighted by Crippen LogP contribution is -2.22. The number of benzene rings is 1. The van der Waals surface area contributed by atoms with E-state index in [4.69, 9.17) is 0 Å². The smallest absolute Gasteiger partial charge is 0.244 e. The van der Waals surface area contributed by atoms with Gasteiger partial charge in [0.1, 0.15) is 0 Å². The van der Waals surface area contributed by atoms with E-state index in [1.165, 1.54) is 31.3 Å². The Hall–Kier alpha value is -1.82. The van der Waals surface area contributed by atoms with E-state index >= 15 is 0 Å². The van der Waals surface area contributed by atoms with Crippen LogP contribution in [0.4, 0.5) is 5.69 Å². The lowest BCUT2D eigenvalue weighted by Gasteiger charge is -2.11. The number of carbonyl (C=O) groups excluding carboxylic acids is 1. The third-order valence-corrected chi connectivity index (χ3v) is 4.75. The number of carbonyl (C=O) groups is 1. The predicted molar refractivity (Wildman–Crippen MR) is 90.3 cm³/mol. The number of para-hydroxylation sites is 1. The summed E-state index contributed by atoms with van der Waals surface area (Å²) >= 11 is 0. The van der Waals surface area contributed by atoms with E-state index in [9.17, 15) is 13.2 Å². The maximum atomic E-state index is 12.2. The summed E-state index contributed by atoms with van der Waals surface area (Å²) in [5.74, 6) is 1.15. The Labute approximate surface area is 137 Å². The van der Waals surface area contributed by atoms with Crippen molar-refractivity contribution in [2.24, 2.45) is 11.8 Å². The van der Waals surface area contributed by atoms with Gasteiger partial charge in [-0.25, -0.2) is 8.42 Å². The topological polar surface area (TPSA) is 75.3 Å². The summed E-state index contributed by atoms with van der Waals surface area (Å²) in [4.78, 5) is 12.2. The van der Waals surface area contributed by atoms with Crippen LogP contribution in [0.25, 0.3) is 0 Å². The molecule has 2 N–H and O–H groups in total. The maximum absolute atomic E-state index is 12.2. The molecule has 23 heavy (non-hydrogen) atoms. The molecule has 2 fully saturated rings. The molecule has 1 aromatic rings. The highest BCUT2D eigenvalue weighted by Crippen LogP contribution is 2.48. The van der Waals surface area contributed by atoms with Crippen molar-refractivity contribution in [2.75, 3.05) is 11.0 Å². The lowest BCUT2D eigenvalue weighted by atomic mass is 10.1. The molecular formula is C17H22N2O3S. The third kappa shape index (κ3) is 4.82. The number of hydrogen-bond donors (Lipinski definition) is 2. The van der Waals surface area contributed by atoms with Crippen LogP contribution in [-0.2, 0) is 21.4 Å². The van der Waals surface area contributed by atoms with Crippen molar-refractivity contribution in [1.82, 2.24) is 5.32 Å². The summed E-state index contributed by atoms with van der Waals surface area (Å²) in [5, 5.41) is 2.87. The zero-order valence-electron chi connectivity index (χ0n) is 13.2. The fourth-order valence-electron chi connectivity index (χ4n) is 2.76. The molecule has 0 heterocycles. The van der Waals surface area contributed by atoms with Crippen LogP contribution in [0.5, 0.6) is 0 Å². The molecule has 1 aromatic carbocycles. The van der Waals surface area contributed by atoms with Gasteiger partial charge >= 0.3 is 0 Å². The fourth-order valence-corrected chi connectivity index (χ4v) is 3.36. The SMILES string of the molecule is CS(=O)(=O)Nc1ccccc1CNC(=O)C=C(C1CC1)C1CC1. The zero-order chi connectivity index (χ0) is 16.4. The van der Waals surface area contributed by atoms with Crippen molar-refractivity contribution in [3.8, 4) is 0 Å². The molecule has 2 aliphatic rings. The summed E-state index contributed by atoms with van der Waals surface area (Å²) in [7, 11) is -3.34. The molecule has 3 rings (SSSR count). The highest BCUT2D eigenvalue weighted by atomic mass is 32.2. The fraction of sp³-hybridized carbons (Fsp3) is 0.471. The van der Waals surface area contributed by atoms with E-state index in [-0.39, 0.29) is 5.91 Å². The lowest BCUT2D eigenvalue weighted by molar-refractivity contribution is -0.116. The Morgan fingerprint density at radius 2 is 1.78 bits per heavy atom. The number of nitrogens with one attached hydrogen (secondary N) is 2. The number of sulfonamides is 1. The molecule has 2 saturated carbocycles. The molecule has 0 spiro atoms. The predicted octanol–water partition coefficient (Wildman–Crippen LogP) is 2.42. The standard InChI is InChI=1S/C17H22N2O3S/c1-23(21,22)19-16-5-3-2-4-14(16)11-18-17(20)10-15(12-6-7-12)13-8-9-13/h2-5,10,12-13,19H,6-9,11H2,1H3,(H,18,20). The number of hydrogen-bond acceptors (Lipinski definition) is 3. The van der Waals surface area contributed by atoms with Crippen LogP contribution in [0.2, 0.25) is 0 Å². The molecule has 6 heteroatoms. The average Bonchev–Trinajstić information content (AvgIpc) is 3.36. The van der Waals surface area contributed by atoms with Gasteiger partial charge in [-0.3, -0.25) is 9.52 Å². The Morgan fingerprint density at radius 3 is 2.35 bits per heavy atom. The number of rotatable bonds is 7. The van der Waals surface area contributed by atoms with E-state index < -0.39 is 10.0 Å². The minimum atomic E-state index is -3.34.